The van der Waals surface area contributed by atoms with E-state index in [9.17, 15) is 0 Å². The van der Waals surface area contributed by atoms with Crippen molar-refractivity contribution in [1.29, 1.82) is 0 Å². The van der Waals surface area contributed by atoms with Gasteiger partial charge in [0.2, 0.25) is 0 Å². The fraction of sp³-hybridized carbons (Fsp3) is 0.538. The van der Waals surface area contributed by atoms with Crippen molar-refractivity contribution in [2.75, 3.05) is 7.11 Å². The number of ether oxygens (including phenoxy) is 1. The second kappa shape index (κ2) is 5.89. The van der Waals surface area contributed by atoms with E-state index in [2.05, 4.69) is 26.0 Å². The van der Waals surface area contributed by atoms with Gasteiger partial charge in [0.25, 0.3) is 0 Å². The summed E-state index contributed by atoms with van der Waals surface area (Å²) in [5.74, 6) is 0.453. The molecule has 0 fully saturated rings. The topological polar surface area (TPSA) is 35.2 Å². The molecule has 0 heterocycles. The first kappa shape index (κ1) is 12.2. The van der Waals surface area contributed by atoms with E-state index in [1.165, 1.54) is 5.56 Å². The molecular weight excluding hydrogens is 186 g/mol. The molecule has 0 aliphatic carbocycles. The Bertz CT molecular complexity index is 271. The summed E-state index contributed by atoms with van der Waals surface area (Å²) < 4.78 is 5.42. The molecule has 0 aromatic heterocycles. The Hall–Kier alpha value is -0.860. The minimum Gasteiger partial charge on any atom is -0.380 e. The average molecular weight is 207 g/mol. The van der Waals surface area contributed by atoms with Crippen molar-refractivity contribution < 1.29 is 4.74 Å². The quantitative estimate of drug-likeness (QED) is 0.803. The summed E-state index contributed by atoms with van der Waals surface area (Å²) in [6.07, 6.45) is 1.00. The summed E-state index contributed by atoms with van der Waals surface area (Å²) in [5.41, 5.74) is 7.41. The Morgan fingerprint density at radius 1 is 1.20 bits per heavy atom. The summed E-state index contributed by atoms with van der Waals surface area (Å²) in [6.45, 7) is 4.28. The maximum absolute atomic E-state index is 6.14. The van der Waals surface area contributed by atoms with Crippen LogP contribution in [0.5, 0.6) is 0 Å². The highest BCUT2D eigenvalue weighted by Crippen LogP contribution is 2.13. The van der Waals surface area contributed by atoms with Crippen LogP contribution in [-0.4, -0.2) is 19.3 Å². The highest BCUT2D eigenvalue weighted by Gasteiger charge is 2.20. The van der Waals surface area contributed by atoms with Gasteiger partial charge in [0.15, 0.2) is 0 Å². The summed E-state index contributed by atoms with van der Waals surface area (Å²) in [5, 5.41) is 0. The molecule has 1 aromatic carbocycles. The lowest BCUT2D eigenvalue weighted by Crippen LogP contribution is -2.41. The molecule has 0 radical (unpaired) electrons. The SMILES string of the molecule is COC(C(C)C)C(N)Cc1ccccc1. The fourth-order valence-corrected chi connectivity index (χ4v) is 1.94. The lowest BCUT2D eigenvalue weighted by atomic mass is 9.95. The standard InChI is InChI=1S/C13H21NO/c1-10(2)13(15-3)12(14)9-11-7-5-4-6-8-11/h4-8,10,12-13H,9,14H2,1-3H3. The zero-order valence-corrected chi connectivity index (χ0v) is 9.81. The van der Waals surface area contributed by atoms with Gasteiger partial charge in [0.05, 0.1) is 6.10 Å². The summed E-state index contributed by atoms with van der Waals surface area (Å²) in [7, 11) is 1.73. The third-order valence-corrected chi connectivity index (χ3v) is 2.67. The summed E-state index contributed by atoms with van der Waals surface area (Å²) in [6, 6.07) is 10.4. The Labute approximate surface area is 92.4 Å². The van der Waals surface area contributed by atoms with E-state index in [1.807, 2.05) is 18.2 Å². The Balaban J connectivity index is 2.58. The van der Waals surface area contributed by atoms with Gasteiger partial charge in [0, 0.05) is 13.2 Å². The van der Waals surface area contributed by atoms with Gasteiger partial charge in [-0.25, -0.2) is 0 Å². The Morgan fingerprint density at radius 3 is 2.27 bits per heavy atom. The Morgan fingerprint density at radius 2 is 1.80 bits per heavy atom. The van der Waals surface area contributed by atoms with E-state index in [0.717, 1.165) is 6.42 Å². The van der Waals surface area contributed by atoms with Crippen LogP contribution in [0, 0.1) is 5.92 Å². The van der Waals surface area contributed by atoms with E-state index in [0.29, 0.717) is 5.92 Å². The van der Waals surface area contributed by atoms with Crippen molar-refractivity contribution in [3.8, 4) is 0 Å². The van der Waals surface area contributed by atoms with Crippen LogP contribution in [0.15, 0.2) is 30.3 Å². The zero-order chi connectivity index (χ0) is 11.3. The summed E-state index contributed by atoms with van der Waals surface area (Å²) in [4.78, 5) is 0. The molecule has 0 amide bonds. The van der Waals surface area contributed by atoms with Crippen LogP contribution in [0.25, 0.3) is 0 Å². The molecule has 0 aliphatic heterocycles. The molecule has 2 unspecified atom stereocenters. The highest BCUT2D eigenvalue weighted by molar-refractivity contribution is 5.16. The predicted molar refractivity (Wildman–Crippen MR) is 63.8 cm³/mol. The van der Waals surface area contributed by atoms with Gasteiger partial charge in [-0.1, -0.05) is 44.2 Å². The van der Waals surface area contributed by atoms with Gasteiger partial charge >= 0.3 is 0 Å². The molecular formula is C13H21NO. The molecule has 2 heteroatoms. The molecule has 2 atom stereocenters. The normalized spacial score (nSPS) is 15.3. The molecule has 2 N–H and O–H groups in total. The molecule has 0 saturated carbocycles. The molecule has 15 heavy (non-hydrogen) atoms. The molecule has 2 nitrogen and oxygen atoms in total. The predicted octanol–water partition coefficient (Wildman–Crippen LogP) is 2.23. The average Bonchev–Trinajstić information content (AvgIpc) is 2.19. The first-order valence-electron chi connectivity index (χ1n) is 5.47. The number of hydrogen-bond donors (Lipinski definition) is 1. The number of rotatable bonds is 5. The third kappa shape index (κ3) is 3.65. The third-order valence-electron chi connectivity index (χ3n) is 2.67. The van der Waals surface area contributed by atoms with Crippen LogP contribution < -0.4 is 5.73 Å². The van der Waals surface area contributed by atoms with Crippen LogP contribution in [0.1, 0.15) is 19.4 Å². The van der Waals surface area contributed by atoms with E-state index < -0.39 is 0 Å². The molecule has 0 saturated heterocycles. The minimum atomic E-state index is 0.0670. The van der Waals surface area contributed by atoms with E-state index >= 15 is 0 Å². The highest BCUT2D eigenvalue weighted by atomic mass is 16.5. The zero-order valence-electron chi connectivity index (χ0n) is 9.81. The lowest BCUT2D eigenvalue weighted by Gasteiger charge is -2.25. The van der Waals surface area contributed by atoms with Gasteiger partial charge in [-0.2, -0.15) is 0 Å². The van der Waals surface area contributed by atoms with E-state index in [-0.39, 0.29) is 12.1 Å². The van der Waals surface area contributed by atoms with Crippen molar-refractivity contribution >= 4 is 0 Å². The largest absolute Gasteiger partial charge is 0.380 e. The molecule has 0 bridgehead atoms. The van der Waals surface area contributed by atoms with Crippen molar-refractivity contribution in [2.45, 2.75) is 32.4 Å². The van der Waals surface area contributed by atoms with Crippen LogP contribution in [0.2, 0.25) is 0 Å². The van der Waals surface area contributed by atoms with Gasteiger partial charge in [-0.3, -0.25) is 0 Å². The molecule has 1 rings (SSSR count). The van der Waals surface area contributed by atoms with Crippen molar-refractivity contribution in [1.82, 2.24) is 0 Å². The van der Waals surface area contributed by atoms with Gasteiger partial charge in [0.1, 0.15) is 0 Å². The van der Waals surface area contributed by atoms with Crippen LogP contribution in [-0.2, 0) is 11.2 Å². The molecule has 0 aliphatic rings. The number of hydrogen-bond acceptors (Lipinski definition) is 2. The van der Waals surface area contributed by atoms with E-state index in [4.69, 9.17) is 10.5 Å². The van der Waals surface area contributed by atoms with Crippen LogP contribution >= 0.6 is 0 Å². The second-order valence-corrected chi connectivity index (χ2v) is 4.30. The fourth-order valence-electron chi connectivity index (χ4n) is 1.94. The van der Waals surface area contributed by atoms with Gasteiger partial charge in [-0.05, 0) is 17.9 Å². The maximum atomic E-state index is 6.14. The number of methoxy groups -OCH3 is 1. The summed E-state index contributed by atoms with van der Waals surface area (Å²) >= 11 is 0. The number of nitrogens with two attached hydrogens (primary N) is 1. The van der Waals surface area contributed by atoms with Crippen LogP contribution in [0.3, 0.4) is 0 Å². The molecule has 84 valence electrons. The van der Waals surface area contributed by atoms with Crippen molar-refractivity contribution in [3.63, 3.8) is 0 Å². The number of benzene rings is 1. The van der Waals surface area contributed by atoms with Gasteiger partial charge < -0.3 is 10.5 Å². The smallest absolute Gasteiger partial charge is 0.0748 e. The first-order chi connectivity index (χ1) is 7.15. The molecule has 0 spiro atoms. The minimum absolute atomic E-state index is 0.0670. The van der Waals surface area contributed by atoms with Crippen LogP contribution in [0.4, 0.5) is 0 Å². The monoisotopic (exact) mass is 207 g/mol. The lowest BCUT2D eigenvalue weighted by molar-refractivity contribution is 0.0441. The van der Waals surface area contributed by atoms with Gasteiger partial charge in [-0.15, -0.1) is 0 Å². The Kier molecular flexibility index (Phi) is 4.79. The molecule has 1 aromatic rings. The maximum Gasteiger partial charge on any atom is 0.0748 e. The van der Waals surface area contributed by atoms with Crippen molar-refractivity contribution in [3.05, 3.63) is 35.9 Å². The van der Waals surface area contributed by atoms with Crippen molar-refractivity contribution in [2.24, 2.45) is 11.7 Å². The van der Waals surface area contributed by atoms with E-state index in [1.54, 1.807) is 7.11 Å². The second-order valence-electron chi connectivity index (χ2n) is 4.30. The first-order valence-corrected chi connectivity index (χ1v) is 5.47.